The van der Waals surface area contributed by atoms with E-state index in [2.05, 4.69) is 5.32 Å². The van der Waals surface area contributed by atoms with Crippen LogP contribution in [0.1, 0.15) is 20.8 Å². The molecule has 8 heteroatoms. The number of methoxy groups -OCH3 is 1. The zero-order chi connectivity index (χ0) is 16.9. The number of hydrogen-bond acceptors (Lipinski definition) is 4. The first kappa shape index (κ1) is 18.7. The van der Waals surface area contributed by atoms with Crippen LogP contribution in [-0.2, 0) is 14.8 Å². The maximum atomic E-state index is 12.6. The van der Waals surface area contributed by atoms with Gasteiger partial charge in [0.05, 0.1) is 23.6 Å². The van der Waals surface area contributed by atoms with Crippen LogP contribution in [-0.4, -0.2) is 44.9 Å². The average Bonchev–Trinajstić information content (AvgIpc) is 2.43. The van der Waals surface area contributed by atoms with Crippen molar-refractivity contribution in [3.63, 3.8) is 0 Å². The molecule has 0 saturated heterocycles. The van der Waals surface area contributed by atoms with E-state index < -0.39 is 10.0 Å². The highest BCUT2D eigenvalue weighted by molar-refractivity contribution is 7.89. The van der Waals surface area contributed by atoms with E-state index in [1.165, 1.54) is 25.3 Å². The van der Waals surface area contributed by atoms with Gasteiger partial charge < -0.3 is 10.1 Å². The lowest BCUT2D eigenvalue weighted by atomic mass is 10.3. The van der Waals surface area contributed by atoms with Gasteiger partial charge in [-0.3, -0.25) is 4.79 Å². The van der Waals surface area contributed by atoms with Crippen molar-refractivity contribution in [3.8, 4) is 5.75 Å². The number of hydrogen-bond donors (Lipinski definition) is 1. The van der Waals surface area contributed by atoms with E-state index in [1.807, 2.05) is 13.8 Å². The molecule has 1 aromatic carbocycles. The number of carbonyl (C=O) groups excluding carboxylic acids is 1. The predicted molar refractivity (Wildman–Crippen MR) is 85.7 cm³/mol. The molecule has 1 amide bonds. The fourth-order valence-corrected chi connectivity index (χ4v) is 3.61. The molecule has 0 spiro atoms. The average molecular weight is 349 g/mol. The molecule has 22 heavy (non-hydrogen) atoms. The minimum atomic E-state index is -3.80. The van der Waals surface area contributed by atoms with Gasteiger partial charge in [0, 0.05) is 12.6 Å². The fraction of sp³-hybridized carbons (Fsp3) is 0.500. The Morgan fingerprint density at radius 2 is 2.05 bits per heavy atom. The van der Waals surface area contributed by atoms with E-state index in [9.17, 15) is 13.2 Å². The third kappa shape index (κ3) is 4.59. The van der Waals surface area contributed by atoms with E-state index in [1.54, 1.807) is 6.92 Å². The van der Waals surface area contributed by atoms with E-state index in [0.29, 0.717) is 5.75 Å². The molecular formula is C14H21ClN2O4S. The van der Waals surface area contributed by atoms with Crippen LogP contribution < -0.4 is 10.1 Å². The third-order valence-electron chi connectivity index (χ3n) is 2.88. The molecule has 0 bridgehead atoms. The van der Waals surface area contributed by atoms with E-state index >= 15 is 0 Å². The quantitative estimate of drug-likeness (QED) is 0.816. The molecule has 1 aromatic rings. The number of carbonyl (C=O) groups is 1. The lowest BCUT2D eigenvalue weighted by Gasteiger charge is -2.21. The van der Waals surface area contributed by atoms with E-state index in [4.69, 9.17) is 16.3 Å². The number of nitrogens with one attached hydrogen (secondary N) is 1. The van der Waals surface area contributed by atoms with Gasteiger partial charge in [-0.1, -0.05) is 18.5 Å². The first-order chi connectivity index (χ1) is 10.2. The predicted octanol–water partition coefficient (Wildman–Crippen LogP) is 1.88. The van der Waals surface area contributed by atoms with Crippen molar-refractivity contribution in [1.29, 1.82) is 0 Å². The van der Waals surface area contributed by atoms with Crippen molar-refractivity contribution in [3.05, 3.63) is 23.2 Å². The SMILES string of the molecule is CCN(CC(=O)NC(C)C)S(=O)(=O)c1ccc(OC)c(Cl)c1. The van der Waals surface area contributed by atoms with Crippen LogP contribution >= 0.6 is 11.6 Å². The largest absolute Gasteiger partial charge is 0.495 e. The molecular weight excluding hydrogens is 328 g/mol. The number of nitrogens with zero attached hydrogens (tertiary/aromatic N) is 1. The molecule has 0 fully saturated rings. The second-order valence-electron chi connectivity index (χ2n) is 4.95. The highest BCUT2D eigenvalue weighted by Gasteiger charge is 2.26. The molecule has 0 unspecified atom stereocenters. The molecule has 0 heterocycles. The number of ether oxygens (including phenoxy) is 1. The summed E-state index contributed by atoms with van der Waals surface area (Å²) in [4.78, 5) is 11.8. The number of amides is 1. The number of likely N-dealkylation sites (N-methyl/N-ethyl adjacent to an activating group) is 1. The summed E-state index contributed by atoms with van der Waals surface area (Å²) in [5.74, 6) is 0.0428. The molecule has 0 aliphatic rings. The molecule has 0 saturated carbocycles. The molecule has 0 aromatic heterocycles. The van der Waals surface area contributed by atoms with Crippen LogP contribution in [0, 0.1) is 0 Å². The Morgan fingerprint density at radius 3 is 2.50 bits per heavy atom. The van der Waals surface area contributed by atoms with Crippen molar-refractivity contribution in [2.24, 2.45) is 0 Å². The van der Waals surface area contributed by atoms with Gasteiger partial charge in [-0.25, -0.2) is 8.42 Å². The smallest absolute Gasteiger partial charge is 0.243 e. The van der Waals surface area contributed by atoms with Gasteiger partial charge in [0.1, 0.15) is 5.75 Å². The van der Waals surface area contributed by atoms with Crippen LogP contribution in [0.25, 0.3) is 0 Å². The van der Waals surface area contributed by atoms with E-state index in [-0.39, 0.29) is 35.0 Å². The lowest BCUT2D eigenvalue weighted by molar-refractivity contribution is -0.121. The Labute approximate surface area is 136 Å². The van der Waals surface area contributed by atoms with Gasteiger partial charge in [-0.2, -0.15) is 4.31 Å². The van der Waals surface area contributed by atoms with Crippen molar-refractivity contribution in [1.82, 2.24) is 9.62 Å². The van der Waals surface area contributed by atoms with Gasteiger partial charge in [0.25, 0.3) is 0 Å². The Balaban J connectivity index is 3.04. The van der Waals surface area contributed by atoms with Crippen molar-refractivity contribution < 1.29 is 17.9 Å². The Morgan fingerprint density at radius 1 is 1.41 bits per heavy atom. The maximum Gasteiger partial charge on any atom is 0.243 e. The summed E-state index contributed by atoms with van der Waals surface area (Å²) in [7, 11) is -2.35. The molecule has 6 nitrogen and oxygen atoms in total. The summed E-state index contributed by atoms with van der Waals surface area (Å²) < 4.78 is 31.3. The van der Waals surface area contributed by atoms with Crippen LogP contribution in [0.4, 0.5) is 0 Å². The normalized spacial score (nSPS) is 11.8. The topological polar surface area (TPSA) is 75.7 Å². The van der Waals surface area contributed by atoms with Gasteiger partial charge in [0.15, 0.2) is 0 Å². The minimum absolute atomic E-state index is 0.0255. The molecule has 0 aliphatic heterocycles. The summed E-state index contributed by atoms with van der Waals surface area (Å²) in [6.07, 6.45) is 0. The zero-order valence-electron chi connectivity index (χ0n) is 13.1. The van der Waals surface area contributed by atoms with Crippen LogP contribution in [0.3, 0.4) is 0 Å². The fourth-order valence-electron chi connectivity index (χ4n) is 1.85. The number of rotatable bonds is 7. The first-order valence-electron chi connectivity index (χ1n) is 6.85. The first-order valence-corrected chi connectivity index (χ1v) is 8.67. The number of benzene rings is 1. The van der Waals surface area contributed by atoms with Crippen LogP contribution in [0.2, 0.25) is 5.02 Å². The standard InChI is InChI=1S/C14H21ClN2O4S/c1-5-17(9-14(18)16-10(2)3)22(19,20)11-6-7-13(21-4)12(15)8-11/h6-8,10H,5,9H2,1-4H3,(H,16,18). The molecule has 0 aliphatic carbocycles. The zero-order valence-corrected chi connectivity index (χ0v) is 14.7. The Bertz CT molecular complexity index is 632. The monoisotopic (exact) mass is 348 g/mol. The summed E-state index contributed by atoms with van der Waals surface area (Å²) in [6, 6.07) is 4.16. The van der Waals surface area contributed by atoms with Crippen molar-refractivity contribution >= 4 is 27.5 Å². The maximum absolute atomic E-state index is 12.6. The molecule has 0 radical (unpaired) electrons. The summed E-state index contributed by atoms with van der Waals surface area (Å²) in [5, 5.41) is 2.87. The summed E-state index contributed by atoms with van der Waals surface area (Å²) >= 11 is 5.97. The molecule has 0 atom stereocenters. The molecule has 1 N–H and O–H groups in total. The number of sulfonamides is 1. The number of halogens is 1. The second-order valence-corrected chi connectivity index (χ2v) is 7.29. The summed E-state index contributed by atoms with van der Waals surface area (Å²) in [5.41, 5.74) is 0. The van der Waals surface area contributed by atoms with Crippen LogP contribution in [0.15, 0.2) is 23.1 Å². The molecule has 124 valence electrons. The Hall–Kier alpha value is -1.31. The summed E-state index contributed by atoms with van der Waals surface area (Å²) in [6.45, 7) is 5.24. The van der Waals surface area contributed by atoms with Gasteiger partial charge >= 0.3 is 0 Å². The second kappa shape index (κ2) is 7.80. The van der Waals surface area contributed by atoms with Gasteiger partial charge in [-0.15, -0.1) is 0 Å². The lowest BCUT2D eigenvalue weighted by Crippen LogP contribution is -2.42. The van der Waals surface area contributed by atoms with E-state index in [0.717, 1.165) is 4.31 Å². The molecule has 1 rings (SSSR count). The van der Waals surface area contributed by atoms with Crippen LogP contribution in [0.5, 0.6) is 5.75 Å². The highest BCUT2D eigenvalue weighted by atomic mass is 35.5. The Kier molecular flexibility index (Phi) is 6.65. The van der Waals surface area contributed by atoms with Gasteiger partial charge in [0.2, 0.25) is 15.9 Å². The minimum Gasteiger partial charge on any atom is -0.495 e. The van der Waals surface area contributed by atoms with Crippen molar-refractivity contribution in [2.75, 3.05) is 20.2 Å². The van der Waals surface area contributed by atoms with Gasteiger partial charge in [-0.05, 0) is 32.0 Å². The third-order valence-corrected chi connectivity index (χ3v) is 5.10. The highest BCUT2D eigenvalue weighted by Crippen LogP contribution is 2.28. The van der Waals surface area contributed by atoms with Crippen molar-refractivity contribution in [2.45, 2.75) is 31.7 Å².